The van der Waals surface area contributed by atoms with Crippen molar-refractivity contribution in [1.29, 1.82) is 0 Å². The van der Waals surface area contributed by atoms with Gasteiger partial charge in [0.2, 0.25) is 11.8 Å². The standard InChI is InChI=1S/C19H22N2O6/c1-19(18(24)25)5-7-20(11-19)16(22)13-4-6-21(17(13)23)12-2-3-14-15(10-12)27-9-8-26-14/h2-3,10,13H,4-9,11H2,1H3,(H,24,25). The molecule has 2 saturated heterocycles. The summed E-state index contributed by atoms with van der Waals surface area (Å²) in [6.07, 6.45) is 0.827. The number of fused-ring (bicyclic) bond motifs is 1. The highest BCUT2D eigenvalue weighted by Gasteiger charge is 2.46. The maximum atomic E-state index is 12.9. The number of hydrogen-bond acceptors (Lipinski definition) is 5. The van der Waals surface area contributed by atoms with E-state index in [0.29, 0.717) is 56.3 Å². The molecule has 3 aliphatic heterocycles. The summed E-state index contributed by atoms with van der Waals surface area (Å²) in [6, 6.07) is 5.32. The summed E-state index contributed by atoms with van der Waals surface area (Å²) in [5.41, 5.74) is -0.260. The average Bonchev–Trinajstić information content (AvgIpc) is 3.25. The van der Waals surface area contributed by atoms with Gasteiger partial charge in [0, 0.05) is 31.4 Å². The van der Waals surface area contributed by atoms with E-state index in [2.05, 4.69) is 0 Å². The number of hydrogen-bond donors (Lipinski definition) is 1. The molecule has 0 aliphatic carbocycles. The van der Waals surface area contributed by atoms with E-state index in [0.717, 1.165) is 0 Å². The predicted molar refractivity (Wildman–Crippen MR) is 94.8 cm³/mol. The fraction of sp³-hybridized carbons (Fsp3) is 0.526. The number of nitrogens with zero attached hydrogens (tertiary/aromatic N) is 2. The van der Waals surface area contributed by atoms with Crippen LogP contribution in [0.5, 0.6) is 11.5 Å². The van der Waals surface area contributed by atoms with Gasteiger partial charge in [-0.15, -0.1) is 0 Å². The van der Waals surface area contributed by atoms with Crippen molar-refractivity contribution in [2.45, 2.75) is 19.8 Å². The molecule has 0 bridgehead atoms. The van der Waals surface area contributed by atoms with Crippen LogP contribution in [0.4, 0.5) is 5.69 Å². The number of benzene rings is 1. The fourth-order valence-electron chi connectivity index (χ4n) is 3.91. The van der Waals surface area contributed by atoms with Gasteiger partial charge in [-0.2, -0.15) is 0 Å². The minimum absolute atomic E-state index is 0.148. The highest BCUT2D eigenvalue weighted by molar-refractivity contribution is 6.09. The Balaban J connectivity index is 1.47. The molecule has 1 aromatic carbocycles. The number of carbonyl (C=O) groups excluding carboxylic acids is 2. The number of carbonyl (C=O) groups is 3. The summed E-state index contributed by atoms with van der Waals surface area (Å²) < 4.78 is 11.1. The monoisotopic (exact) mass is 374 g/mol. The van der Waals surface area contributed by atoms with Crippen LogP contribution in [0.3, 0.4) is 0 Å². The topological polar surface area (TPSA) is 96.4 Å². The summed E-state index contributed by atoms with van der Waals surface area (Å²) in [7, 11) is 0. The number of ether oxygens (including phenoxy) is 2. The third-order valence-electron chi connectivity index (χ3n) is 5.64. The lowest BCUT2D eigenvalue weighted by atomic mass is 9.90. The zero-order valence-electron chi connectivity index (χ0n) is 15.1. The lowest BCUT2D eigenvalue weighted by molar-refractivity contribution is -0.147. The Labute approximate surface area is 156 Å². The summed E-state index contributed by atoms with van der Waals surface area (Å²) in [6.45, 7) is 3.56. The van der Waals surface area contributed by atoms with E-state index in [9.17, 15) is 19.5 Å². The molecule has 0 radical (unpaired) electrons. The molecule has 1 N–H and O–H groups in total. The average molecular weight is 374 g/mol. The van der Waals surface area contributed by atoms with E-state index in [1.807, 2.05) is 0 Å². The number of rotatable bonds is 3. The maximum absolute atomic E-state index is 12.9. The van der Waals surface area contributed by atoms with E-state index in [-0.39, 0.29) is 18.4 Å². The van der Waals surface area contributed by atoms with Gasteiger partial charge in [-0.1, -0.05) is 0 Å². The van der Waals surface area contributed by atoms with E-state index in [1.165, 1.54) is 4.90 Å². The SMILES string of the molecule is CC1(C(=O)O)CCN(C(=O)C2CCN(c3ccc4c(c3)OCCO4)C2=O)C1. The largest absolute Gasteiger partial charge is 0.486 e. The van der Waals surface area contributed by atoms with Crippen molar-refractivity contribution in [3.63, 3.8) is 0 Å². The van der Waals surface area contributed by atoms with E-state index >= 15 is 0 Å². The Hall–Kier alpha value is -2.77. The van der Waals surface area contributed by atoms with Crippen molar-refractivity contribution >= 4 is 23.5 Å². The summed E-state index contributed by atoms with van der Waals surface area (Å²) in [5, 5.41) is 9.34. The van der Waals surface area contributed by atoms with Crippen molar-refractivity contribution < 1.29 is 29.0 Å². The summed E-state index contributed by atoms with van der Waals surface area (Å²) >= 11 is 0. The lowest BCUT2D eigenvalue weighted by Crippen LogP contribution is -2.41. The molecule has 0 spiro atoms. The zero-order chi connectivity index (χ0) is 19.2. The molecule has 0 saturated carbocycles. The van der Waals surface area contributed by atoms with Gasteiger partial charge in [0.05, 0.1) is 5.41 Å². The van der Waals surface area contributed by atoms with Gasteiger partial charge < -0.3 is 24.4 Å². The van der Waals surface area contributed by atoms with Crippen LogP contribution in [0.2, 0.25) is 0 Å². The zero-order valence-corrected chi connectivity index (χ0v) is 15.1. The Morgan fingerprint density at radius 3 is 2.63 bits per heavy atom. The molecule has 8 nitrogen and oxygen atoms in total. The normalized spacial score (nSPS) is 27.1. The third-order valence-corrected chi connectivity index (χ3v) is 5.64. The first-order valence-corrected chi connectivity index (χ1v) is 9.12. The van der Waals surface area contributed by atoms with Gasteiger partial charge in [0.25, 0.3) is 0 Å². The Kier molecular flexibility index (Phi) is 4.20. The summed E-state index contributed by atoms with van der Waals surface area (Å²) in [5.74, 6) is -0.944. The first kappa shape index (κ1) is 17.6. The van der Waals surface area contributed by atoms with Gasteiger partial charge in [0.15, 0.2) is 11.5 Å². The second-order valence-corrected chi connectivity index (χ2v) is 7.53. The Bertz CT molecular complexity index is 809. The van der Waals surface area contributed by atoms with Gasteiger partial charge in [0.1, 0.15) is 19.1 Å². The molecule has 2 atom stereocenters. The van der Waals surface area contributed by atoms with Gasteiger partial charge >= 0.3 is 5.97 Å². The van der Waals surface area contributed by atoms with Crippen LogP contribution >= 0.6 is 0 Å². The minimum atomic E-state index is -0.938. The second-order valence-electron chi connectivity index (χ2n) is 7.53. The van der Waals surface area contributed by atoms with Crippen LogP contribution in [-0.4, -0.2) is 60.6 Å². The van der Waals surface area contributed by atoms with Crippen LogP contribution in [0, 0.1) is 11.3 Å². The molecule has 2 amide bonds. The van der Waals surface area contributed by atoms with Gasteiger partial charge in [-0.25, -0.2) is 0 Å². The first-order valence-electron chi connectivity index (χ1n) is 9.12. The molecule has 27 heavy (non-hydrogen) atoms. The van der Waals surface area contributed by atoms with Gasteiger partial charge in [-0.05, 0) is 31.9 Å². The number of likely N-dealkylation sites (tertiary alicyclic amines) is 1. The molecule has 2 fully saturated rings. The van der Waals surface area contributed by atoms with Crippen LogP contribution in [0.25, 0.3) is 0 Å². The number of carboxylic acid groups (broad SMARTS) is 1. The van der Waals surface area contributed by atoms with Crippen molar-refractivity contribution in [2.24, 2.45) is 11.3 Å². The first-order chi connectivity index (χ1) is 12.9. The molecule has 0 aromatic heterocycles. The second kappa shape index (κ2) is 6.44. The Morgan fingerprint density at radius 2 is 1.93 bits per heavy atom. The Morgan fingerprint density at radius 1 is 1.19 bits per heavy atom. The van der Waals surface area contributed by atoms with Crippen molar-refractivity contribution in [3.8, 4) is 11.5 Å². The van der Waals surface area contributed by atoms with E-state index < -0.39 is 17.3 Å². The fourth-order valence-corrected chi connectivity index (χ4v) is 3.91. The molecule has 4 rings (SSSR count). The third kappa shape index (κ3) is 2.98. The molecule has 2 unspecified atom stereocenters. The van der Waals surface area contributed by atoms with E-state index in [1.54, 1.807) is 30.0 Å². The molecule has 1 aromatic rings. The molecule has 3 aliphatic rings. The quantitative estimate of drug-likeness (QED) is 0.797. The van der Waals surface area contributed by atoms with Crippen molar-refractivity contribution in [3.05, 3.63) is 18.2 Å². The number of anilines is 1. The van der Waals surface area contributed by atoms with Crippen LogP contribution in [-0.2, 0) is 14.4 Å². The molecule has 144 valence electrons. The predicted octanol–water partition coefficient (Wildman–Crippen LogP) is 1.13. The molecule has 8 heteroatoms. The van der Waals surface area contributed by atoms with E-state index in [4.69, 9.17) is 9.47 Å². The maximum Gasteiger partial charge on any atom is 0.311 e. The van der Waals surface area contributed by atoms with Crippen molar-refractivity contribution in [2.75, 3.05) is 37.7 Å². The van der Waals surface area contributed by atoms with Crippen molar-refractivity contribution in [1.82, 2.24) is 4.90 Å². The lowest BCUT2D eigenvalue weighted by Gasteiger charge is -2.24. The number of aliphatic carboxylic acids is 1. The highest BCUT2D eigenvalue weighted by Crippen LogP contribution is 2.37. The number of carboxylic acids is 1. The molecule has 3 heterocycles. The molecular formula is C19H22N2O6. The molecular weight excluding hydrogens is 352 g/mol. The summed E-state index contributed by atoms with van der Waals surface area (Å²) in [4.78, 5) is 40.2. The van der Waals surface area contributed by atoms with Crippen LogP contribution in [0.1, 0.15) is 19.8 Å². The highest BCUT2D eigenvalue weighted by atomic mass is 16.6. The minimum Gasteiger partial charge on any atom is -0.486 e. The van der Waals surface area contributed by atoms with Gasteiger partial charge in [-0.3, -0.25) is 14.4 Å². The smallest absolute Gasteiger partial charge is 0.311 e. The van der Waals surface area contributed by atoms with Crippen LogP contribution < -0.4 is 14.4 Å². The van der Waals surface area contributed by atoms with Crippen LogP contribution in [0.15, 0.2) is 18.2 Å². The number of amides is 2.